The lowest BCUT2D eigenvalue weighted by Gasteiger charge is -2.46. The number of para-hydroxylation sites is 3. The van der Waals surface area contributed by atoms with Crippen LogP contribution in [0.25, 0.3) is 33.6 Å². The number of hydrogen-bond donors (Lipinski definition) is 5. The molecule has 450 valence electrons. The molecule has 0 amide bonds. The Morgan fingerprint density at radius 2 is 1.01 bits per heavy atom. The maximum atomic E-state index is 7.51. The van der Waals surface area contributed by atoms with Crippen LogP contribution in [0.4, 0.5) is 28.4 Å². The van der Waals surface area contributed by atoms with Gasteiger partial charge in [-0.25, -0.2) is 0 Å². The number of hydrogen-bond acceptors (Lipinski definition) is 5. The molecule has 2 heterocycles. The van der Waals surface area contributed by atoms with E-state index >= 15 is 0 Å². The Morgan fingerprint density at radius 3 is 1.72 bits per heavy atom. The Labute approximate surface area is 550 Å². The van der Waals surface area contributed by atoms with E-state index < -0.39 is 16.9 Å². The Hall–Kier alpha value is -11.4. The van der Waals surface area contributed by atoms with Crippen molar-refractivity contribution in [3.63, 3.8) is 0 Å². The summed E-state index contributed by atoms with van der Waals surface area (Å²) in [5.74, 6) is 0. The summed E-state index contributed by atoms with van der Waals surface area (Å²) in [5.41, 5.74) is 34.8. The fourth-order valence-corrected chi connectivity index (χ4v) is 15.8. The predicted molar refractivity (Wildman–Crippen MR) is 385 cm³/mol. The highest BCUT2D eigenvalue weighted by Crippen LogP contribution is 2.66. The van der Waals surface area contributed by atoms with Crippen molar-refractivity contribution >= 4 is 39.8 Å². The summed E-state index contributed by atoms with van der Waals surface area (Å²) in [5, 5.41) is 14.4. The minimum absolute atomic E-state index is 0.107. The Morgan fingerprint density at radius 1 is 0.457 bits per heavy atom. The zero-order valence-electron chi connectivity index (χ0n) is 52.0. The molecule has 0 saturated carbocycles. The summed E-state index contributed by atoms with van der Waals surface area (Å²) in [4.78, 5) is 2.54. The third-order valence-corrected chi connectivity index (χ3v) is 20.0. The van der Waals surface area contributed by atoms with Gasteiger partial charge in [0.2, 0.25) is 0 Å². The number of nitrogens with one attached hydrogen (secondary N) is 3. The second-order valence-corrected chi connectivity index (χ2v) is 25.1. The van der Waals surface area contributed by atoms with Gasteiger partial charge in [-0.05, 0) is 168 Å². The van der Waals surface area contributed by atoms with E-state index in [4.69, 9.17) is 5.73 Å². The predicted octanol–water partition coefficient (Wildman–Crippen LogP) is 18.7. The van der Waals surface area contributed by atoms with Gasteiger partial charge in [-0.15, -0.1) is 0 Å². The first-order valence-corrected chi connectivity index (χ1v) is 32.8. The number of quaternary nitrogens is 1. The number of rotatable bonds is 14. The third-order valence-electron chi connectivity index (χ3n) is 20.0. The number of fused-ring (bicyclic) bond motifs is 12. The van der Waals surface area contributed by atoms with Crippen molar-refractivity contribution < 1.29 is 5.32 Å². The summed E-state index contributed by atoms with van der Waals surface area (Å²) in [6.45, 7) is 0.792. The zero-order chi connectivity index (χ0) is 62.6. The SMILES string of the molecule is NC(C=C([NH2+]Cc1ccccc1)c1ccccc1)c1ccc2c(c1)-c1ccccc1C2(c1ccccc1)c1cc2c(cc1Nc1ccccc1)C1(c3ccccc3-c3cc(C4C=C(c5ccccc5)NC(c5ccccc5)N4)ccc31)c1ccccc1N2c1ccccc1. The summed E-state index contributed by atoms with van der Waals surface area (Å²) in [6.07, 6.45) is 4.49. The molecule has 4 aliphatic rings. The molecule has 6 nitrogen and oxygen atoms in total. The molecule has 7 N–H and O–H groups in total. The van der Waals surface area contributed by atoms with Crippen molar-refractivity contribution in [3.05, 3.63) is 424 Å². The van der Waals surface area contributed by atoms with Crippen molar-refractivity contribution in [2.75, 3.05) is 10.2 Å². The Balaban J connectivity index is 0.902. The van der Waals surface area contributed by atoms with Crippen LogP contribution in [0, 0.1) is 0 Å². The van der Waals surface area contributed by atoms with Crippen LogP contribution in [-0.4, -0.2) is 0 Å². The van der Waals surface area contributed by atoms with Crippen LogP contribution in [0.3, 0.4) is 0 Å². The quantitative estimate of drug-likeness (QED) is 0.0750. The van der Waals surface area contributed by atoms with Gasteiger partial charge in [0.05, 0.1) is 34.3 Å². The van der Waals surface area contributed by atoms with Crippen molar-refractivity contribution in [2.24, 2.45) is 5.73 Å². The summed E-state index contributed by atoms with van der Waals surface area (Å²) >= 11 is 0. The van der Waals surface area contributed by atoms with E-state index in [2.05, 4.69) is 372 Å². The maximum Gasteiger partial charge on any atom is 0.135 e. The lowest BCUT2D eigenvalue weighted by Crippen LogP contribution is -2.79. The molecule has 0 aromatic heterocycles. The van der Waals surface area contributed by atoms with Gasteiger partial charge in [0.1, 0.15) is 18.4 Å². The molecule has 17 rings (SSSR count). The third kappa shape index (κ3) is 9.44. The van der Waals surface area contributed by atoms with Crippen molar-refractivity contribution in [3.8, 4) is 22.3 Å². The molecule has 6 heteroatoms. The molecule has 0 radical (unpaired) electrons. The lowest BCUT2D eigenvalue weighted by molar-refractivity contribution is -0.580. The van der Waals surface area contributed by atoms with Gasteiger partial charge in [-0.1, -0.05) is 267 Å². The largest absolute Gasteiger partial charge is 0.366 e. The number of nitrogens with two attached hydrogens (primary N) is 2. The average molecular weight is 1210 g/mol. The molecular weight excluding hydrogens is 1140 g/mol. The zero-order valence-corrected chi connectivity index (χ0v) is 52.0. The first-order valence-electron chi connectivity index (χ1n) is 32.8. The van der Waals surface area contributed by atoms with Crippen LogP contribution in [0.5, 0.6) is 0 Å². The minimum Gasteiger partial charge on any atom is -0.366 e. The molecule has 0 fully saturated rings. The standard InChI is InChI=1S/C88H68N6/c89-79(56-80(60-30-10-2-11-31-60)90-58-59-28-8-1-9-29-59)63-48-50-74-70(52-63)68-42-22-24-44-72(68)87(74,65-36-16-5-17-37-65)77-55-85-78(54-83(77)91-66-38-18-6-19-39-66)88(76-46-26-27-47-84(76)94(85)67-40-20-7-21-41-67)73-45-25-23-43-69(73)71-53-64(49-51-75(71)88)82-57-81(61-32-12-3-13-33-61)92-86(93-82)62-34-14-4-15-35-62/h1-57,79,82,86,90-93H,58,89H2/p+1. The molecule has 0 bridgehead atoms. The monoisotopic (exact) mass is 1210 g/mol. The molecule has 2 aliphatic carbocycles. The van der Waals surface area contributed by atoms with Gasteiger partial charge < -0.3 is 26.6 Å². The van der Waals surface area contributed by atoms with E-state index in [1.165, 1.54) is 77.9 Å². The van der Waals surface area contributed by atoms with Gasteiger partial charge in [0, 0.05) is 33.9 Å². The van der Waals surface area contributed by atoms with E-state index in [0.29, 0.717) is 0 Å². The minimum atomic E-state index is -0.838. The Kier molecular flexibility index (Phi) is 14.3. The summed E-state index contributed by atoms with van der Waals surface area (Å²) in [7, 11) is 0. The topological polar surface area (TPSA) is 82.0 Å². The molecule has 13 aromatic rings. The fraction of sp³-hybridized carbons (Fsp3) is 0.0682. The van der Waals surface area contributed by atoms with E-state index in [1.807, 2.05) is 0 Å². The highest BCUT2D eigenvalue weighted by molar-refractivity contribution is 5.99. The molecule has 5 unspecified atom stereocenters. The number of nitrogens with zero attached hydrogens (tertiary/aromatic N) is 1. The van der Waals surface area contributed by atoms with Crippen molar-refractivity contribution in [1.29, 1.82) is 0 Å². The highest BCUT2D eigenvalue weighted by Gasteiger charge is 2.54. The fourth-order valence-electron chi connectivity index (χ4n) is 15.8. The molecule has 0 saturated heterocycles. The maximum absolute atomic E-state index is 7.51. The summed E-state index contributed by atoms with van der Waals surface area (Å²) < 4.78 is 0. The first kappa shape index (κ1) is 56.6. The Bertz CT molecular complexity index is 5020. The first-order chi connectivity index (χ1) is 46.5. The van der Waals surface area contributed by atoms with Crippen molar-refractivity contribution in [1.82, 2.24) is 10.6 Å². The average Bonchev–Trinajstić information content (AvgIpc) is 1.44. The van der Waals surface area contributed by atoms with Crippen molar-refractivity contribution in [2.45, 2.75) is 35.6 Å². The molecule has 2 aliphatic heterocycles. The smallest absolute Gasteiger partial charge is 0.135 e. The van der Waals surface area contributed by atoms with E-state index in [1.54, 1.807) is 0 Å². The van der Waals surface area contributed by atoms with Crippen LogP contribution in [0.15, 0.2) is 346 Å². The van der Waals surface area contributed by atoms with Gasteiger partial charge in [-0.2, -0.15) is 0 Å². The van der Waals surface area contributed by atoms with Crippen LogP contribution in [-0.2, 0) is 17.4 Å². The highest BCUT2D eigenvalue weighted by atomic mass is 15.2. The van der Waals surface area contributed by atoms with Crippen LogP contribution in [0.2, 0.25) is 0 Å². The van der Waals surface area contributed by atoms with Crippen LogP contribution < -0.4 is 31.9 Å². The van der Waals surface area contributed by atoms with Gasteiger partial charge in [-0.3, -0.25) is 5.32 Å². The normalized spacial score (nSPS) is 18.3. The van der Waals surface area contributed by atoms with E-state index in [9.17, 15) is 0 Å². The van der Waals surface area contributed by atoms with Crippen LogP contribution in [0.1, 0.15) is 96.1 Å². The molecule has 1 spiro atoms. The molecule has 13 aromatic carbocycles. The van der Waals surface area contributed by atoms with E-state index in [-0.39, 0.29) is 12.2 Å². The second-order valence-electron chi connectivity index (χ2n) is 25.1. The number of anilines is 5. The van der Waals surface area contributed by atoms with Gasteiger partial charge in [0.25, 0.3) is 0 Å². The molecule has 5 atom stereocenters. The van der Waals surface area contributed by atoms with E-state index in [0.717, 1.165) is 68.6 Å². The number of benzene rings is 13. The van der Waals surface area contributed by atoms with Crippen LogP contribution >= 0.6 is 0 Å². The van der Waals surface area contributed by atoms with Gasteiger partial charge >= 0.3 is 0 Å². The summed E-state index contributed by atoms with van der Waals surface area (Å²) in [6, 6.07) is 122. The lowest BCUT2D eigenvalue weighted by atomic mass is 9.62. The van der Waals surface area contributed by atoms with Gasteiger partial charge in [0.15, 0.2) is 0 Å². The molecular formula is C88H69N6+. The second kappa shape index (κ2) is 23.7. The molecule has 94 heavy (non-hydrogen) atoms.